The molecular weight excluding hydrogens is 458 g/mol. The van der Waals surface area contributed by atoms with Crippen molar-refractivity contribution < 1.29 is 23.8 Å². The molecule has 8 heteroatoms. The highest BCUT2D eigenvalue weighted by Gasteiger charge is 2.33. The molecular formula is C28H37N3O5. The number of benzene rings is 2. The predicted octanol–water partition coefficient (Wildman–Crippen LogP) is 4.16. The number of nitrogens with one attached hydrogen (secondary N) is 1. The lowest BCUT2D eigenvalue weighted by Gasteiger charge is -2.38. The number of amides is 3. The number of carbonyl (C=O) groups is 2. The van der Waals surface area contributed by atoms with Gasteiger partial charge in [-0.15, -0.1) is 0 Å². The normalized spacial score (nSPS) is 17.6. The molecule has 0 radical (unpaired) electrons. The van der Waals surface area contributed by atoms with Gasteiger partial charge in [0.1, 0.15) is 5.75 Å². The number of hydrogen-bond donors (Lipinski definition) is 1. The van der Waals surface area contributed by atoms with Crippen molar-refractivity contribution in [1.82, 2.24) is 15.1 Å². The summed E-state index contributed by atoms with van der Waals surface area (Å²) in [6.07, 6.45) is 5.49. The maximum absolute atomic E-state index is 13.4. The van der Waals surface area contributed by atoms with Crippen LogP contribution in [0.4, 0.5) is 4.79 Å². The van der Waals surface area contributed by atoms with E-state index in [0.29, 0.717) is 37.4 Å². The molecule has 36 heavy (non-hydrogen) atoms. The van der Waals surface area contributed by atoms with Crippen molar-refractivity contribution in [3.8, 4) is 17.2 Å². The van der Waals surface area contributed by atoms with Gasteiger partial charge in [0.05, 0.1) is 27.4 Å². The number of rotatable bonds is 7. The minimum Gasteiger partial charge on any atom is -0.497 e. The lowest BCUT2D eigenvalue weighted by molar-refractivity contribution is -0.131. The molecule has 8 nitrogen and oxygen atoms in total. The molecule has 3 amide bonds. The lowest BCUT2D eigenvalue weighted by Crippen LogP contribution is -2.47. The van der Waals surface area contributed by atoms with E-state index in [2.05, 4.69) is 5.32 Å². The number of urea groups is 1. The fourth-order valence-electron chi connectivity index (χ4n) is 5.17. The highest BCUT2D eigenvalue weighted by Crippen LogP contribution is 2.41. The van der Waals surface area contributed by atoms with Crippen LogP contribution in [0.1, 0.15) is 54.8 Å². The van der Waals surface area contributed by atoms with Crippen molar-refractivity contribution in [2.75, 3.05) is 47.5 Å². The number of fused-ring (bicyclic) bond motifs is 1. The lowest BCUT2D eigenvalue weighted by atomic mass is 9.87. The average Bonchev–Trinajstić information content (AvgIpc) is 3.21. The van der Waals surface area contributed by atoms with Crippen molar-refractivity contribution in [2.24, 2.45) is 0 Å². The maximum Gasteiger partial charge on any atom is 0.318 e. The number of carbonyl (C=O) groups excluding carboxylic acids is 2. The Hall–Kier alpha value is -3.42. The molecule has 194 valence electrons. The summed E-state index contributed by atoms with van der Waals surface area (Å²) in [6, 6.07) is 11.3. The Balaban J connectivity index is 1.53. The Morgan fingerprint density at radius 3 is 2.19 bits per heavy atom. The van der Waals surface area contributed by atoms with Gasteiger partial charge in [-0.2, -0.15) is 0 Å². The summed E-state index contributed by atoms with van der Waals surface area (Å²) in [5.74, 6) is 2.17. The highest BCUT2D eigenvalue weighted by atomic mass is 16.5. The van der Waals surface area contributed by atoms with E-state index in [1.54, 1.807) is 21.3 Å². The number of hydrogen-bond acceptors (Lipinski definition) is 5. The third-order valence-corrected chi connectivity index (χ3v) is 7.14. The van der Waals surface area contributed by atoms with Crippen molar-refractivity contribution >= 4 is 11.9 Å². The summed E-state index contributed by atoms with van der Waals surface area (Å²) < 4.78 is 16.4. The van der Waals surface area contributed by atoms with Gasteiger partial charge >= 0.3 is 6.03 Å². The third-order valence-electron chi connectivity index (χ3n) is 7.14. The zero-order valence-electron chi connectivity index (χ0n) is 21.5. The molecule has 2 aromatic rings. The predicted molar refractivity (Wildman–Crippen MR) is 138 cm³/mol. The molecule has 2 aliphatic rings. The Bertz CT molecular complexity index is 1050. The first-order valence-electron chi connectivity index (χ1n) is 12.8. The zero-order valence-corrected chi connectivity index (χ0v) is 21.5. The van der Waals surface area contributed by atoms with Crippen LogP contribution >= 0.6 is 0 Å². The quantitative estimate of drug-likeness (QED) is 0.624. The van der Waals surface area contributed by atoms with Crippen LogP contribution in [0.15, 0.2) is 36.4 Å². The third kappa shape index (κ3) is 5.69. The second-order valence-corrected chi connectivity index (χ2v) is 9.30. The minimum absolute atomic E-state index is 0.115. The molecule has 1 N–H and O–H groups in total. The number of nitrogens with zero attached hydrogens (tertiary/aromatic N) is 2. The van der Waals surface area contributed by atoms with E-state index in [1.807, 2.05) is 46.2 Å². The number of methoxy groups -OCH3 is 3. The fourth-order valence-corrected chi connectivity index (χ4v) is 5.17. The van der Waals surface area contributed by atoms with Crippen LogP contribution in [-0.4, -0.2) is 69.2 Å². The zero-order chi connectivity index (χ0) is 25.5. The molecule has 4 rings (SSSR count). The summed E-state index contributed by atoms with van der Waals surface area (Å²) >= 11 is 0. The molecule has 1 saturated heterocycles. The Labute approximate surface area is 213 Å². The molecule has 0 aliphatic carbocycles. The number of ether oxygens (including phenoxy) is 3. The van der Waals surface area contributed by atoms with Gasteiger partial charge in [0.25, 0.3) is 0 Å². The molecule has 0 bridgehead atoms. The molecule has 0 aromatic heterocycles. The van der Waals surface area contributed by atoms with E-state index in [-0.39, 0.29) is 18.0 Å². The van der Waals surface area contributed by atoms with Crippen LogP contribution in [0.3, 0.4) is 0 Å². The summed E-state index contributed by atoms with van der Waals surface area (Å²) in [4.78, 5) is 29.9. The van der Waals surface area contributed by atoms with E-state index < -0.39 is 0 Å². The van der Waals surface area contributed by atoms with Gasteiger partial charge in [0.15, 0.2) is 11.5 Å². The van der Waals surface area contributed by atoms with Gasteiger partial charge in [0.2, 0.25) is 5.91 Å². The Kier molecular flexibility index (Phi) is 8.57. The van der Waals surface area contributed by atoms with Gasteiger partial charge < -0.3 is 29.3 Å². The molecule has 1 unspecified atom stereocenters. The van der Waals surface area contributed by atoms with Crippen molar-refractivity contribution in [3.63, 3.8) is 0 Å². The van der Waals surface area contributed by atoms with E-state index in [9.17, 15) is 9.59 Å². The number of likely N-dealkylation sites (tertiary alicyclic amines) is 1. The van der Waals surface area contributed by atoms with Crippen molar-refractivity contribution in [3.05, 3.63) is 53.1 Å². The van der Waals surface area contributed by atoms with Crippen LogP contribution in [0.5, 0.6) is 17.2 Å². The van der Waals surface area contributed by atoms with Crippen molar-refractivity contribution in [2.45, 2.75) is 44.6 Å². The standard InChI is InChI=1S/C28H37N3O5/c1-34-22-10-8-20(9-11-22)27-23-19-25(36-3)24(35-2)18-21(23)13-17-31(27)28(33)29-14-12-26(32)30-15-6-4-5-7-16-30/h8-11,18-19,27H,4-7,12-17H2,1-3H3,(H,29,33). The Morgan fingerprint density at radius 2 is 1.56 bits per heavy atom. The average molecular weight is 496 g/mol. The van der Waals surface area contributed by atoms with Crippen LogP contribution in [-0.2, 0) is 11.2 Å². The van der Waals surface area contributed by atoms with Crippen LogP contribution in [0.2, 0.25) is 0 Å². The van der Waals surface area contributed by atoms with E-state index in [4.69, 9.17) is 14.2 Å². The van der Waals surface area contributed by atoms with Gasteiger partial charge in [-0.3, -0.25) is 4.79 Å². The first-order chi connectivity index (χ1) is 17.5. The molecule has 0 saturated carbocycles. The molecule has 2 aliphatic heterocycles. The molecule has 0 spiro atoms. The van der Waals surface area contributed by atoms with Crippen molar-refractivity contribution in [1.29, 1.82) is 0 Å². The van der Waals surface area contributed by atoms with Crippen LogP contribution < -0.4 is 19.5 Å². The first-order valence-corrected chi connectivity index (χ1v) is 12.8. The molecule has 2 aromatic carbocycles. The Morgan fingerprint density at radius 1 is 0.889 bits per heavy atom. The summed E-state index contributed by atoms with van der Waals surface area (Å²) in [5.41, 5.74) is 3.09. The SMILES string of the molecule is COc1ccc(C2c3cc(OC)c(OC)cc3CCN2C(=O)NCCC(=O)N2CCCCCC2)cc1. The smallest absolute Gasteiger partial charge is 0.318 e. The van der Waals surface area contributed by atoms with Gasteiger partial charge in [-0.1, -0.05) is 25.0 Å². The van der Waals surface area contributed by atoms with Crippen LogP contribution in [0.25, 0.3) is 0 Å². The molecule has 1 atom stereocenters. The topological polar surface area (TPSA) is 80.3 Å². The van der Waals surface area contributed by atoms with E-state index >= 15 is 0 Å². The second-order valence-electron chi connectivity index (χ2n) is 9.30. The van der Waals surface area contributed by atoms with Gasteiger partial charge in [-0.05, 0) is 60.2 Å². The monoisotopic (exact) mass is 495 g/mol. The minimum atomic E-state index is -0.305. The fraction of sp³-hybridized carbons (Fsp3) is 0.500. The summed E-state index contributed by atoms with van der Waals surface area (Å²) in [7, 11) is 4.87. The highest BCUT2D eigenvalue weighted by molar-refractivity contribution is 5.79. The largest absolute Gasteiger partial charge is 0.497 e. The van der Waals surface area contributed by atoms with Gasteiger partial charge in [-0.25, -0.2) is 4.79 Å². The maximum atomic E-state index is 13.4. The first kappa shape index (κ1) is 25.7. The molecule has 2 heterocycles. The van der Waals surface area contributed by atoms with E-state index in [1.165, 1.54) is 12.8 Å². The summed E-state index contributed by atoms with van der Waals surface area (Å²) in [6.45, 7) is 2.50. The van der Waals surface area contributed by atoms with Gasteiger partial charge in [0, 0.05) is 32.6 Å². The second kappa shape index (κ2) is 12.0. The van der Waals surface area contributed by atoms with E-state index in [0.717, 1.165) is 48.4 Å². The van der Waals surface area contributed by atoms with Crippen LogP contribution in [0, 0.1) is 0 Å². The summed E-state index contributed by atoms with van der Waals surface area (Å²) in [5, 5.41) is 3.00. The molecule has 1 fully saturated rings.